The maximum absolute atomic E-state index is 10.7. The number of carbonyl (C=O) groups excluding carboxylic acids is 1. The first-order chi connectivity index (χ1) is 10.4. The van der Waals surface area contributed by atoms with Gasteiger partial charge in [-0.25, -0.2) is 0 Å². The maximum Gasteiger partial charge on any atom is 0.187 e. The monoisotopic (exact) mass is 322 g/mol. The predicted octanol–water partition coefficient (Wildman–Crippen LogP) is -1.16. The molecule has 0 radical (unpaired) electrons. The van der Waals surface area contributed by atoms with Crippen molar-refractivity contribution < 1.29 is 39.1 Å². The smallest absolute Gasteiger partial charge is 0.187 e. The Balaban J connectivity index is 2.85. The van der Waals surface area contributed by atoms with Gasteiger partial charge < -0.3 is 39.1 Å². The Hall–Kier alpha value is -0.610. The normalized spacial score (nSPS) is 36.6. The molecule has 22 heavy (non-hydrogen) atoms. The molecule has 8 heteroatoms. The van der Waals surface area contributed by atoms with E-state index in [4.69, 9.17) is 18.9 Å². The Bertz CT molecular complexity index is 337. The van der Waals surface area contributed by atoms with E-state index >= 15 is 0 Å². The van der Waals surface area contributed by atoms with Crippen molar-refractivity contribution in [3.63, 3.8) is 0 Å². The van der Waals surface area contributed by atoms with Gasteiger partial charge in [-0.15, -0.1) is 0 Å². The van der Waals surface area contributed by atoms with E-state index < -0.39 is 49.0 Å². The zero-order chi connectivity index (χ0) is 16.9. The number of rotatable bonds is 8. The summed E-state index contributed by atoms with van der Waals surface area (Å²) in [7, 11) is 2.76. The lowest BCUT2D eigenvalue weighted by Gasteiger charge is -2.42. The number of methoxy groups -OCH3 is 2. The Morgan fingerprint density at radius 2 is 1.91 bits per heavy atom. The SMILES string of the molecule is COC(CC=O)C(OC1OC(C)C(O)C(OC)C1O)C(C)O. The molecule has 130 valence electrons. The van der Waals surface area contributed by atoms with Crippen molar-refractivity contribution in [3.8, 4) is 0 Å². The van der Waals surface area contributed by atoms with Gasteiger partial charge in [-0.05, 0) is 13.8 Å². The summed E-state index contributed by atoms with van der Waals surface area (Å²) in [5.74, 6) is 0. The fraction of sp³-hybridized carbons (Fsp3) is 0.929. The lowest BCUT2D eigenvalue weighted by molar-refractivity contribution is -0.320. The summed E-state index contributed by atoms with van der Waals surface area (Å²) in [5, 5.41) is 30.0. The van der Waals surface area contributed by atoms with Gasteiger partial charge in [0.25, 0.3) is 0 Å². The third kappa shape index (κ3) is 4.45. The van der Waals surface area contributed by atoms with Crippen LogP contribution < -0.4 is 0 Å². The molecule has 0 aromatic heterocycles. The van der Waals surface area contributed by atoms with Gasteiger partial charge >= 0.3 is 0 Å². The highest BCUT2D eigenvalue weighted by atomic mass is 16.7. The van der Waals surface area contributed by atoms with Crippen LogP contribution in [0.3, 0.4) is 0 Å². The zero-order valence-corrected chi connectivity index (χ0v) is 13.3. The van der Waals surface area contributed by atoms with Crippen LogP contribution in [0.15, 0.2) is 0 Å². The highest BCUT2D eigenvalue weighted by Crippen LogP contribution is 2.26. The molecule has 0 spiro atoms. The fourth-order valence-corrected chi connectivity index (χ4v) is 2.51. The molecule has 1 aliphatic heterocycles. The second-order valence-corrected chi connectivity index (χ2v) is 5.41. The lowest BCUT2D eigenvalue weighted by Crippen LogP contribution is -2.59. The third-order valence-corrected chi connectivity index (χ3v) is 3.82. The van der Waals surface area contributed by atoms with Crippen LogP contribution in [-0.4, -0.2) is 84.8 Å². The summed E-state index contributed by atoms with van der Waals surface area (Å²) >= 11 is 0. The third-order valence-electron chi connectivity index (χ3n) is 3.82. The molecule has 0 saturated carbocycles. The van der Waals surface area contributed by atoms with Crippen molar-refractivity contribution in [3.05, 3.63) is 0 Å². The number of carbonyl (C=O) groups is 1. The van der Waals surface area contributed by atoms with Gasteiger partial charge in [0.05, 0.1) is 18.3 Å². The van der Waals surface area contributed by atoms with Crippen LogP contribution in [0.1, 0.15) is 20.3 Å². The summed E-state index contributed by atoms with van der Waals surface area (Å²) in [6.07, 6.45) is -6.70. The van der Waals surface area contributed by atoms with Gasteiger partial charge in [-0.2, -0.15) is 0 Å². The summed E-state index contributed by atoms with van der Waals surface area (Å²) in [5.41, 5.74) is 0. The van der Waals surface area contributed by atoms with Crippen LogP contribution in [0.25, 0.3) is 0 Å². The van der Waals surface area contributed by atoms with E-state index in [2.05, 4.69) is 0 Å². The molecular formula is C14H26O8. The van der Waals surface area contributed by atoms with E-state index in [1.54, 1.807) is 6.92 Å². The number of aliphatic hydroxyl groups is 3. The summed E-state index contributed by atoms with van der Waals surface area (Å²) in [4.78, 5) is 10.7. The van der Waals surface area contributed by atoms with Gasteiger partial charge in [0.15, 0.2) is 6.29 Å². The first-order valence-corrected chi connectivity index (χ1v) is 7.21. The molecule has 0 aromatic rings. The van der Waals surface area contributed by atoms with E-state index in [-0.39, 0.29) is 6.42 Å². The maximum atomic E-state index is 10.7. The molecule has 8 atom stereocenters. The van der Waals surface area contributed by atoms with Crippen molar-refractivity contribution in [2.75, 3.05) is 14.2 Å². The fourth-order valence-electron chi connectivity index (χ4n) is 2.51. The van der Waals surface area contributed by atoms with Gasteiger partial charge in [0.1, 0.15) is 30.7 Å². The zero-order valence-electron chi connectivity index (χ0n) is 13.3. The molecule has 8 nitrogen and oxygen atoms in total. The van der Waals surface area contributed by atoms with E-state index in [1.807, 2.05) is 0 Å². The van der Waals surface area contributed by atoms with Gasteiger partial charge in [0, 0.05) is 20.6 Å². The molecule has 8 unspecified atom stereocenters. The van der Waals surface area contributed by atoms with Crippen LogP contribution >= 0.6 is 0 Å². The average Bonchev–Trinajstić information content (AvgIpc) is 2.48. The van der Waals surface area contributed by atoms with Crippen molar-refractivity contribution in [2.45, 2.75) is 69.3 Å². The molecule has 1 rings (SSSR count). The second kappa shape index (κ2) is 8.88. The van der Waals surface area contributed by atoms with Crippen LogP contribution in [0.4, 0.5) is 0 Å². The number of hydrogen-bond donors (Lipinski definition) is 3. The molecule has 1 fully saturated rings. The number of ether oxygens (including phenoxy) is 4. The van der Waals surface area contributed by atoms with Crippen molar-refractivity contribution in [1.82, 2.24) is 0 Å². The molecule has 1 heterocycles. The Morgan fingerprint density at radius 1 is 1.27 bits per heavy atom. The van der Waals surface area contributed by atoms with Gasteiger partial charge in [-0.3, -0.25) is 0 Å². The minimum absolute atomic E-state index is 0.0285. The quantitative estimate of drug-likeness (QED) is 0.479. The molecule has 3 N–H and O–H groups in total. The Morgan fingerprint density at radius 3 is 2.36 bits per heavy atom. The summed E-state index contributed by atoms with van der Waals surface area (Å²) < 4.78 is 21.3. The first-order valence-electron chi connectivity index (χ1n) is 7.21. The van der Waals surface area contributed by atoms with Crippen LogP contribution in [0.5, 0.6) is 0 Å². The van der Waals surface area contributed by atoms with E-state index in [9.17, 15) is 20.1 Å². The lowest BCUT2D eigenvalue weighted by atomic mass is 9.99. The van der Waals surface area contributed by atoms with Crippen molar-refractivity contribution in [1.29, 1.82) is 0 Å². The average molecular weight is 322 g/mol. The standard InChI is InChI=1S/C14H26O8/c1-7(16)12(9(19-3)5-6-15)22-14-11(18)13(20-4)10(17)8(2)21-14/h6-14,16-18H,5H2,1-4H3. The highest BCUT2D eigenvalue weighted by Gasteiger charge is 2.45. The molecule has 0 aliphatic carbocycles. The minimum atomic E-state index is -1.24. The number of aliphatic hydroxyl groups excluding tert-OH is 3. The topological polar surface area (TPSA) is 115 Å². The van der Waals surface area contributed by atoms with Crippen LogP contribution in [0, 0.1) is 0 Å². The predicted molar refractivity (Wildman–Crippen MR) is 75.2 cm³/mol. The minimum Gasteiger partial charge on any atom is -0.391 e. The molecule has 0 bridgehead atoms. The van der Waals surface area contributed by atoms with Crippen LogP contribution in [-0.2, 0) is 23.7 Å². The van der Waals surface area contributed by atoms with Gasteiger partial charge in [0.2, 0.25) is 0 Å². The molecule has 0 amide bonds. The second-order valence-electron chi connectivity index (χ2n) is 5.41. The van der Waals surface area contributed by atoms with E-state index in [0.717, 1.165) is 0 Å². The Kier molecular flexibility index (Phi) is 7.84. The number of aldehydes is 1. The van der Waals surface area contributed by atoms with Gasteiger partial charge in [-0.1, -0.05) is 0 Å². The summed E-state index contributed by atoms with van der Waals surface area (Å²) in [6, 6.07) is 0. The van der Waals surface area contributed by atoms with E-state index in [0.29, 0.717) is 6.29 Å². The Labute approximate surface area is 129 Å². The molecule has 1 aliphatic rings. The first kappa shape index (κ1) is 19.4. The highest BCUT2D eigenvalue weighted by molar-refractivity contribution is 5.50. The number of hydrogen-bond acceptors (Lipinski definition) is 8. The molecule has 1 saturated heterocycles. The summed E-state index contributed by atoms with van der Waals surface area (Å²) in [6.45, 7) is 3.11. The molecular weight excluding hydrogens is 296 g/mol. The van der Waals surface area contributed by atoms with Crippen LogP contribution in [0.2, 0.25) is 0 Å². The van der Waals surface area contributed by atoms with Crippen molar-refractivity contribution in [2.24, 2.45) is 0 Å². The van der Waals surface area contributed by atoms with Crippen molar-refractivity contribution >= 4 is 6.29 Å². The molecule has 0 aromatic carbocycles. The largest absolute Gasteiger partial charge is 0.391 e. The van der Waals surface area contributed by atoms with E-state index in [1.165, 1.54) is 21.1 Å².